The Hall–Kier alpha value is -0.210. The largest absolute Gasteiger partial charge is 0.394 e. The summed E-state index contributed by atoms with van der Waals surface area (Å²) < 4.78 is 34.7. The van der Waals surface area contributed by atoms with Gasteiger partial charge in [-0.1, -0.05) is 0 Å². The van der Waals surface area contributed by atoms with Crippen molar-refractivity contribution >= 4 is 10.0 Å². The maximum atomic E-state index is 11.7. The summed E-state index contributed by atoms with van der Waals surface area (Å²) >= 11 is 0. The fourth-order valence-corrected chi connectivity index (χ4v) is 2.75. The van der Waals surface area contributed by atoms with Gasteiger partial charge in [-0.15, -0.1) is 0 Å². The van der Waals surface area contributed by atoms with Crippen LogP contribution in [-0.4, -0.2) is 69.7 Å². The highest BCUT2D eigenvalue weighted by atomic mass is 32.2. The predicted octanol–water partition coefficient (Wildman–Crippen LogP) is -1.34. The van der Waals surface area contributed by atoms with E-state index < -0.39 is 16.1 Å². The van der Waals surface area contributed by atoms with Crippen molar-refractivity contribution in [3.63, 3.8) is 0 Å². The summed E-state index contributed by atoms with van der Waals surface area (Å²) in [4.78, 5) is 0. The standard InChI is InChI=1S/C8H17NO5S/c1-13-4-5-15(11,12)9-2-3-14-8(6-9)7-10/h8,10H,2-7H2,1H3. The fraction of sp³-hybridized carbons (Fsp3) is 1.00. The van der Waals surface area contributed by atoms with Gasteiger partial charge in [0, 0.05) is 20.2 Å². The van der Waals surface area contributed by atoms with E-state index >= 15 is 0 Å². The van der Waals surface area contributed by atoms with Crippen LogP contribution in [0.5, 0.6) is 0 Å². The van der Waals surface area contributed by atoms with E-state index in [2.05, 4.69) is 0 Å². The molecule has 15 heavy (non-hydrogen) atoms. The van der Waals surface area contributed by atoms with Crippen molar-refractivity contribution in [1.82, 2.24) is 4.31 Å². The fourth-order valence-electron chi connectivity index (χ4n) is 1.37. The molecule has 1 aliphatic heterocycles. The van der Waals surface area contributed by atoms with Crippen molar-refractivity contribution in [1.29, 1.82) is 0 Å². The highest BCUT2D eigenvalue weighted by Gasteiger charge is 2.28. The van der Waals surface area contributed by atoms with Crippen LogP contribution in [0.4, 0.5) is 0 Å². The summed E-state index contributed by atoms with van der Waals surface area (Å²) in [6.07, 6.45) is -0.406. The highest BCUT2D eigenvalue weighted by molar-refractivity contribution is 7.89. The summed E-state index contributed by atoms with van der Waals surface area (Å²) in [7, 11) is -1.81. The van der Waals surface area contributed by atoms with Crippen LogP contribution in [0, 0.1) is 0 Å². The third-order valence-corrected chi connectivity index (χ3v) is 4.04. The molecule has 0 aliphatic carbocycles. The molecular formula is C8H17NO5S. The van der Waals surface area contributed by atoms with Crippen molar-refractivity contribution in [2.45, 2.75) is 6.10 Å². The van der Waals surface area contributed by atoms with Crippen LogP contribution in [-0.2, 0) is 19.5 Å². The maximum absolute atomic E-state index is 11.7. The van der Waals surface area contributed by atoms with Crippen LogP contribution in [0.2, 0.25) is 0 Å². The van der Waals surface area contributed by atoms with Gasteiger partial charge in [-0.2, -0.15) is 4.31 Å². The van der Waals surface area contributed by atoms with Gasteiger partial charge in [-0.05, 0) is 0 Å². The minimum atomic E-state index is -3.27. The molecule has 90 valence electrons. The van der Waals surface area contributed by atoms with Crippen LogP contribution in [0.3, 0.4) is 0 Å². The quantitative estimate of drug-likeness (QED) is 0.642. The second-order valence-corrected chi connectivity index (χ2v) is 5.43. The average Bonchev–Trinajstić information content (AvgIpc) is 2.26. The zero-order valence-electron chi connectivity index (χ0n) is 8.76. The Morgan fingerprint density at radius 1 is 1.60 bits per heavy atom. The SMILES string of the molecule is COCCS(=O)(=O)N1CCOC(CO)C1. The molecule has 0 amide bonds. The molecule has 1 atom stereocenters. The van der Waals surface area contributed by atoms with E-state index in [1.807, 2.05) is 0 Å². The zero-order valence-corrected chi connectivity index (χ0v) is 9.57. The molecule has 0 radical (unpaired) electrons. The van der Waals surface area contributed by atoms with E-state index in [0.29, 0.717) is 13.2 Å². The van der Waals surface area contributed by atoms with E-state index in [1.165, 1.54) is 11.4 Å². The maximum Gasteiger partial charge on any atom is 0.216 e. The van der Waals surface area contributed by atoms with Crippen LogP contribution in [0.25, 0.3) is 0 Å². The Labute approximate surface area is 89.8 Å². The molecule has 0 bridgehead atoms. The van der Waals surface area contributed by atoms with Gasteiger partial charge in [0.2, 0.25) is 10.0 Å². The molecule has 1 rings (SSSR count). The van der Waals surface area contributed by atoms with Crippen molar-refractivity contribution in [3.05, 3.63) is 0 Å². The number of aliphatic hydroxyl groups excluding tert-OH is 1. The average molecular weight is 239 g/mol. The Bertz CT molecular complexity index is 279. The van der Waals surface area contributed by atoms with Crippen molar-refractivity contribution in [2.75, 3.05) is 45.8 Å². The molecule has 1 N–H and O–H groups in total. The first kappa shape index (κ1) is 12.9. The lowest BCUT2D eigenvalue weighted by Gasteiger charge is -2.31. The molecule has 0 aromatic rings. The minimum absolute atomic E-state index is 0.0261. The monoisotopic (exact) mass is 239 g/mol. The van der Waals surface area contributed by atoms with Crippen molar-refractivity contribution in [3.8, 4) is 0 Å². The second kappa shape index (κ2) is 5.76. The number of rotatable bonds is 5. The number of hydrogen-bond donors (Lipinski definition) is 1. The highest BCUT2D eigenvalue weighted by Crippen LogP contribution is 2.10. The molecule has 0 aromatic carbocycles. The Morgan fingerprint density at radius 3 is 2.93 bits per heavy atom. The molecule has 0 spiro atoms. The number of morpholine rings is 1. The molecule has 0 aromatic heterocycles. The van der Waals surface area contributed by atoms with E-state index in [0.717, 1.165) is 0 Å². The summed E-state index contributed by atoms with van der Waals surface area (Å²) in [5, 5.41) is 8.88. The van der Waals surface area contributed by atoms with E-state index in [-0.39, 0.29) is 25.5 Å². The second-order valence-electron chi connectivity index (χ2n) is 3.34. The lowest BCUT2D eigenvalue weighted by molar-refractivity contribution is -0.0305. The predicted molar refractivity (Wildman–Crippen MR) is 54.1 cm³/mol. The summed E-state index contributed by atoms with van der Waals surface area (Å²) in [5.74, 6) is -0.0261. The van der Waals surface area contributed by atoms with Gasteiger partial charge in [0.25, 0.3) is 0 Å². The lowest BCUT2D eigenvalue weighted by Crippen LogP contribution is -2.47. The van der Waals surface area contributed by atoms with Gasteiger partial charge in [-0.3, -0.25) is 0 Å². The number of nitrogens with zero attached hydrogens (tertiary/aromatic N) is 1. The Kier molecular flexibility index (Phi) is 4.94. The van der Waals surface area contributed by atoms with Crippen molar-refractivity contribution < 1.29 is 23.0 Å². The molecule has 1 saturated heterocycles. The normalized spacial score (nSPS) is 24.3. The number of hydrogen-bond acceptors (Lipinski definition) is 5. The first-order valence-electron chi connectivity index (χ1n) is 4.79. The third kappa shape index (κ3) is 3.69. The van der Waals surface area contributed by atoms with E-state index in [4.69, 9.17) is 14.6 Å². The molecule has 0 saturated carbocycles. The molecule has 7 heteroatoms. The number of aliphatic hydroxyl groups is 1. The first-order chi connectivity index (χ1) is 7.10. The van der Waals surface area contributed by atoms with Crippen LogP contribution in [0.15, 0.2) is 0 Å². The Morgan fingerprint density at radius 2 is 2.33 bits per heavy atom. The van der Waals surface area contributed by atoms with Gasteiger partial charge in [0.15, 0.2) is 0 Å². The molecule has 1 unspecified atom stereocenters. The zero-order chi connectivity index (χ0) is 11.3. The van der Waals surface area contributed by atoms with Gasteiger partial charge in [0.1, 0.15) is 0 Å². The minimum Gasteiger partial charge on any atom is -0.394 e. The third-order valence-electron chi connectivity index (χ3n) is 2.24. The molecular weight excluding hydrogens is 222 g/mol. The van der Waals surface area contributed by atoms with Gasteiger partial charge < -0.3 is 14.6 Å². The van der Waals surface area contributed by atoms with E-state index in [9.17, 15) is 8.42 Å². The topological polar surface area (TPSA) is 76.1 Å². The number of ether oxygens (including phenoxy) is 2. The van der Waals surface area contributed by atoms with Crippen molar-refractivity contribution in [2.24, 2.45) is 0 Å². The summed E-state index contributed by atoms with van der Waals surface area (Å²) in [6, 6.07) is 0. The van der Waals surface area contributed by atoms with Crippen LogP contribution in [0.1, 0.15) is 0 Å². The Balaban J connectivity index is 2.54. The molecule has 1 fully saturated rings. The molecule has 6 nitrogen and oxygen atoms in total. The van der Waals surface area contributed by atoms with Gasteiger partial charge >= 0.3 is 0 Å². The lowest BCUT2D eigenvalue weighted by atomic mass is 10.3. The summed E-state index contributed by atoms with van der Waals surface area (Å²) in [5.41, 5.74) is 0. The van der Waals surface area contributed by atoms with E-state index in [1.54, 1.807) is 0 Å². The van der Waals surface area contributed by atoms with Gasteiger partial charge in [0.05, 0.1) is 31.7 Å². The smallest absolute Gasteiger partial charge is 0.216 e. The first-order valence-corrected chi connectivity index (χ1v) is 6.40. The molecule has 1 aliphatic rings. The summed E-state index contributed by atoms with van der Waals surface area (Å²) in [6.45, 7) is 0.933. The van der Waals surface area contributed by atoms with Crippen LogP contribution < -0.4 is 0 Å². The van der Waals surface area contributed by atoms with Gasteiger partial charge in [-0.25, -0.2) is 8.42 Å². The number of sulfonamides is 1. The molecule has 1 heterocycles. The number of methoxy groups -OCH3 is 1. The van der Waals surface area contributed by atoms with Crippen LogP contribution >= 0.6 is 0 Å².